The molecule has 0 aliphatic carbocycles. The van der Waals surface area contributed by atoms with Gasteiger partial charge >= 0.3 is 5.97 Å². The lowest BCUT2D eigenvalue weighted by Crippen LogP contribution is -2.34. The fourth-order valence-electron chi connectivity index (χ4n) is 3.29. The molecule has 2 aliphatic heterocycles. The number of amides is 1. The molecule has 1 amide bonds. The number of hydrogen-bond acceptors (Lipinski definition) is 3. The second-order valence-corrected chi connectivity index (χ2v) is 5.25. The van der Waals surface area contributed by atoms with Gasteiger partial charge < -0.3 is 9.64 Å². The first-order valence-corrected chi connectivity index (χ1v) is 6.71. The van der Waals surface area contributed by atoms with Crippen molar-refractivity contribution >= 4 is 28.3 Å². The maximum atomic E-state index is 12.4. The molecule has 20 heavy (non-hydrogen) atoms. The molecule has 0 bridgehead atoms. The Morgan fingerprint density at radius 2 is 2.15 bits per heavy atom. The van der Waals surface area contributed by atoms with Crippen LogP contribution in [0.1, 0.15) is 35.4 Å². The van der Waals surface area contributed by atoms with Gasteiger partial charge in [0.25, 0.3) is 5.91 Å². The molecule has 0 saturated carbocycles. The van der Waals surface area contributed by atoms with Gasteiger partial charge in [0, 0.05) is 36.4 Å². The molecule has 2 aromatic carbocycles. The number of rotatable bonds is 1. The summed E-state index contributed by atoms with van der Waals surface area (Å²) in [6.07, 6.45) is 0.403. The second-order valence-electron chi connectivity index (χ2n) is 5.25. The largest absolute Gasteiger partial charge is 0.458 e. The molecule has 0 fully saturated rings. The number of benzene rings is 2. The SMILES string of the molecule is CC(=O)OC1CCN2C(=O)c3cccc4ccc1c2c34. The van der Waals surface area contributed by atoms with Gasteiger partial charge in [0.05, 0.1) is 5.69 Å². The summed E-state index contributed by atoms with van der Waals surface area (Å²) in [6, 6.07) is 9.75. The number of anilines is 1. The van der Waals surface area contributed by atoms with E-state index in [0.29, 0.717) is 13.0 Å². The van der Waals surface area contributed by atoms with Crippen molar-refractivity contribution in [2.75, 3.05) is 11.4 Å². The third kappa shape index (κ3) is 1.36. The van der Waals surface area contributed by atoms with Gasteiger partial charge in [-0.1, -0.05) is 24.3 Å². The highest BCUT2D eigenvalue weighted by Crippen LogP contribution is 2.46. The van der Waals surface area contributed by atoms with Crippen LogP contribution in [0.5, 0.6) is 0 Å². The van der Waals surface area contributed by atoms with Crippen LogP contribution in [-0.4, -0.2) is 18.4 Å². The van der Waals surface area contributed by atoms with Crippen molar-refractivity contribution < 1.29 is 14.3 Å². The summed E-state index contributed by atoms with van der Waals surface area (Å²) in [5, 5.41) is 2.05. The van der Waals surface area contributed by atoms with E-state index in [0.717, 1.165) is 27.6 Å². The van der Waals surface area contributed by atoms with Gasteiger partial charge in [0.15, 0.2) is 0 Å². The molecule has 4 nitrogen and oxygen atoms in total. The molecule has 2 aliphatic rings. The summed E-state index contributed by atoms with van der Waals surface area (Å²) >= 11 is 0. The molecule has 100 valence electrons. The lowest BCUT2D eigenvalue weighted by molar-refractivity contribution is -0.147. The van der Waals surface area contributed by atoms with Crippen LogP contribution in [0.15, 0.2) is 30.3 Å². The van der Waals surface area contributed by atoms with Crippen LogP contribution in [0.2, 0.25) is 0 Å². The number of hydrogen-bond donors (Lipinski definition) is 0. The van der Waals surface area contributed by atoms with Gasteiger partial charge in [-0.05, 0) is 11.5 Å². The molecule has 0 N–H and O–H groups in total. The topological polar surface area (TPSA) is 46.6 Å². The number of carbonyl (C=O) groups excluding carboxylic acids is 2. The van der Waals surface area contributed by atoms with Gasteiger partial charge in [-0.2, -0.15) is 0 Å². The smallest absolute Gasteiger partial charge is 0.303 e. The van der Waals surface area contributed by atoms with Crippen molar-refractivity contribution in [1.82, 2.24) is 0 Å². The third-order valence-electron chi connectivity index (χ3n) is 4.06. The molecule has 1 unspecified atom stereocenters. The van der Waals surface area contributed by atoms with Crippen molar-refractivity contribution in [2.45, 2.75) is 19.4 Å². The molecule has 0 radical (unpaired) electrons. The van der Waals surface area contributed by atoms with Gasteiger partial charge in [-0.15, -0.1) is 0 Å². The fourth-order valence-corrected chi connectivity index (χ4v) is 3.29. The Hall–Kier alpha value is -2.36. The lowest BCUT2D eigenvalue weighted by atomic mass is 9.95. The molecule has 0 saturated heterocycles. The minimum Gasteiger partial charge on any atom is -0.458 e. The predicted molar refractivity (Wildman–Crippen MR) is 74.7 cm³/mol. The monoisotopic (exact) mass is 267 g/mol. The van der Waals surface area contributed by atoms with E-state index in [2.05, 4.69) is 0 Å². The molecule has 0 spiro atoms. The highest BCUT2D eigenvalue weighted by Gasteiger charge is 2.38. The van der Waals surface area contributed by atoms with E-state index < -0.39 is 0 Å². The Bertz CT molecular complexity index is 766. The van der Waals surface area contributed by atoms with Crippen LogP contribution in [-0.2, 0) is 9.53 Å². The first-order chi connectivity index (χ1) is 9.66. The van der Waals surface area contributed by atoms with Crippen LogP contribution in [0.3, 0.4) is 0 Å². The van der Waals surface area contributed by atoms with Crippen LogP contribution < -0.4 is 4.90 Å². The lowest BCUT2D eigenvalue weighted by Gasteiger charge is -2.31. The van der Waals surface area contributed by atoms with Crippen molar-refractivity contribution in [3.63, 3.8) is 0 Å². The summed E-state index contributed by atoms with van der Waals surface area (Å²) in [4.78, 5) is 25.5. The zero-order valence-corrected chi connectivity index (χ0v) is 11.1. The van der Waals surface area contributed by atoms with E-state index in [1.54, 1.807) is 0 Å². The summed E-state index contributed by atoms with van der Waals surface area (Å²) in [6.45, 7) is 2.01. The molecule has 0 aromatic heterocycles. The highest BCUT2D eigenvalue weighted by molar-refractivity contribution is 6.26. The van der Waals surface area contributed by atoms with E-state index in [1.165, 1.54) is 6.92 Å². The number of carbonyl (C=O) groups is 2. The highest BCUT2D eigenvalue weighted by atomic mass is 16.5. The van der Waals surface area contributed by atoms with Crippen LogP contribution in [0.25, 0.3) is 10.8 Å². The molecule has 1 atom stereocenters. The van der Waals surface area contributed by atoms with Crippen LogP contribution in [0.4, 0.5) is 5.69 Å². The molecule has 4 heteroatoms. The van der Waals surface area contributed by atoms with Crippen molar-refractivity contribution in [2.24, 2.45) is 0 Å². The Balaban J connectivity index is 1.99. The Kier molecular flexibility index (Phi) is 2.19. The predicted octanol–water partition coefficient (Wildman–Crippen LogP) is 2.81. The van der Waals surface area contributed by atoms with Crippen LogP contribution in [0, 0.1) is 0 Å². The van der Waals surface area contributed by atoms with E-state index in [4.69, 9.17) is 4.74 Å². The van der Waals surface area contributed by atoms with E-state index in [9.17, 15) is 9.59 Å². The average Bonchev–Trinajstić information content (AvgIpc) is 2.73. The molecular weight excluding hydrogens is 254 g/mol. The standard InChI is InChI=1S/C16H13NO3/c1-9(18)20-13-7-8-17-15-11(13)6-5-10-3-2-4-12(14(10)15)16(17)19/h2-6,13H,7-8H2,1H3. The third-order valence-corrected chi connectivity index (χ3v) is 4.06. The maximum Gasteiger partial charge on any atom is 0.303 e. The molecule has 4 rings (SSSR count). The summed E-state index contributed by atoms with van der Waals surface area (Å²) in [5.41, 5.74) is 2.63. The van der Waals surface area contributed by atoms with Crippen molar-refractivity contribution in [3.8, 4) is 0 Å². The summed E-state index contributed by atoms with van der Waals surface area (Å²) in [7, 11) is 0. The number of esters is 1. The molecule has 2 aromatic rings. The quantitative estimate of drug-likeness (QED) is 0.746. The number of ether oxygens (including phenoxy) is 1. The average molecular weight is 267 g/mol. The zero-order chi connectivity index (χ0) is 13.9. The van der Waals surface area contributed by atoms with Crippen LogP contribution >= 0.6 is 0 Å². The fraction of sp³-hybridized carbons (Fsp3) is 0.250. The van der Waals surface area contributed by atoms with Crippen molar-refractivity contribution in [1.29, 1.82) is 0 Å². The normalized spacial score (nSPS) is 19.6. The maximum absolute atomic E-state index is 12.4. The first kappa shape index (κ1) is 11.5. The Morgan fingerprint density at radius 1 is 1.30 bits per heavy atom. The second kappa shape index (κ2) is 3.82. The van der Waals surface area contributed by atoms with E-state index in [1.807, 2.05) is 35.2 Å². The summed E-state index contributed by atoms with van der Waals surface area (Å²) in [5.74, 6) is -0.229. The minimum absolute atomic E-state index is 0.0549. The van der Waals surface area contributed by atoms with E-state index in [-0.39, 0.29) is 18.0 Å². The first-order valence-electron chi connectivity index (χ1n) is 6.71. The van der Waals surface area contributed by atoms with Gasteiger partial charge in [-0.3, -0.25) is 9.59 Å². The van der Waals surface area contributed by atoms with Crippen molar-refractivity contribution in [3.05, 3.63) is 41.5 Å². The van der Waals surface area contributed by atoms with Gasteiger partial charge in [0.2, 0.25) is 0 Å². The Morgan fingerprint density at radius 3 is 2.95 bits per heavy atom. The Labute approximate surface area is 115 Å². The zero-order valence-electron chi connectivity index (χ0n) is 11.1. The molecule has 2 heterocycles. The molecular formula is C16H13NO3. The summed E-state index contributed by atoms with van der Waals surface area (Å²) < 4.78 is 5.40. The van der Waals surface area contributed by atoms with E-state index >= 15 is 0 Å². The number of nitrogens with zero attached hydrogens (tertiary/aromatic N) is 1. The minimum atomic E-state index is -0.284. The van der Waals surface area contributed by atoms with Gasteiger partial charge in [-0.25, -0.2) is 0 Å². The van der Waals surface area contributed by atoms with Gasteiger partial charge in [0.1, 0.15) is 6.10 Å².